The zero-order valence-corrected chi connectivity index (χ0v) is 21.8. The molecule has 2 heterocycles. The number of esters is 1. The van der Waals surface area contributed by atoms with Crippen LogP contribution in [0.2, 0.25) is 0 Å². The number of ether oxygens (including phenoxy) is 1. The number of allylic oxidation sites excluding steroid dienone is 2. The summed E-state index contributed by atoms with van der Waals surface area (Å²) in [5.74, 6) is 2.23. The predicted molar refractivity (Wildman–Crippen MR) is 136 cm³/mol. The van der Waals surface area contributed by atoms with Gasteiger partial charge in [0.1, 0.15) is 6.10 Å². The predicted octanol–water partition coefficient (Wildman–Crippen LogP) is 4.66. The molecule has 1 aromatic heterocycles. The highest BCUT2D eigenvalue weighted by molar-refractivity contribution is 5.72. The Morgan fingerprint density at radius 3 is 2.78 bits per heavy atom. The first-order valence-electron chi connectivity index (χ1n) is 14.2. The molecule has 0 amide bonds. The van der Waals surface area contributed by atoms with Gasteiger partial charge in [0.15, 0.2) is 0 Å². The maximum atomic E-state index is 12.6. The van der Waals surface area contributed by atoms with Crippen LogP contribution in [0.4, 0.5) is 0 Å². The molecule has 1 unspecified atom stereocenters. The lowest BCUT2D eigenvalue weighted by molar-refractivity contribution is -0.158. The highest BCUT2D eigenvalue weighted by Crippen LogP contribution is 2.67. The first-order chi connectivity index (χ1) is 17.3. The van der Waals surface area contributed by atoms with Gasteiger partial charge in [0.25, 0.3) is 0 Å². The van der Waals surface area contributed by atoms with Crippen molar-refractivity contribution in [3.05, 3.63) is 46.0 Å². The Morgan fingerprint density at radius 2 is 2.03 bits per heavy atom. The molecule has 6 nitrogen and oxygen atoms in total. The SMILES string of the molecule is C[C@]12CC[C@H](OC(=O)CN3CCC(O)C3)C[C@H]1CC[C@H]1C3=CC[C@H](c4ccc(=O)oc4)[C@@]3(C)CC[C@@H]12. The van der Waals surface area contributed by atoms with Gasteiger partial charge in [0.2, 0.25) is 0 Å². The van der Waals surface area contributed by atoms with Crippen molar-refractivity contribution in [3.63, 3.8) is 0 Å². The third-order valence-corrected chi connectivity index (χ3v) is 11.0. The average Bonchev–Trinajstić information content (AvgIpc) is 3.42. The molecule has 0 aromatic carbocycles. The molecule has 3 saturated carbocycles. The molecule has 6 heteroatoms. The van der Waals surface area contributed by atoms with Crippen molar-refractivity contribution in [3.8, 4) is 0 Å². The molecule has 1 aliphatic heterocycles. The van der Waals surface area contributed by atoms with Crippen molar-refractivity contribution in [1.29, 1.82) is 0 Å². The third kappa shape index (κ3) is 4.09. The minimum Gasteiger partial charge on any atom is -0.461 e. The number of nitrogens with zero attached hydrogens (tertiary/aromatic N) is 1. The highest BCUT2D eigenvalue weighted by atomic mass is 16.5. The summed E-state index contributed by atoms with van der Waals surface area (Å²) in [4.78, 5) is 26.1. The number of β-amino-alcohol motifs (C(OH)–C–C–N with tert-alkyl or cyclic N) is 1. The Labute approximate surface area is 214 Å². The number of fused-ring (bicyclic) bond motifs is 5. The van der Waals surface area contributed by atoms with Crippen LogP contribution in [0.3, 0.4) is 0 Å². The van der Waals surface area contributed by atoms with Crippen molar-refractivity contribution < 1.29 is 19.1 Å². The molecule has 196 valence electrons. The van der Waals surface area contributed by atoms with Crippen LogP contribution >= 0.6 is 0 Å². The van der Waals surface area contributed by atoms with E-state index in [1.54, 1.807) is 17.9 Å². The van der Waals surface area contributed by atoms with Crippen molar-refractivity contribution in [2.24, 2.45) is 28.6 Å². The lowest BCUT2D eigenvalue weighted by atomic mass is 9.46. The Kier molecular flexibility index (Phi) is 6.19. The number of aliphatic hydroxyl groups excluding tert-OH is 1. The van der Waals surface area contributed by atoms with Crippen LogP contribution in [-0.2, 0) is 9.53 Å². The van der Waals surface area contributed by atoms with Crippen LogP contribution in [0.25, 0.3) is 0 Å². The summed E-state index contributed by atoms with van der Waals surface area (Å²) >= 11 is 0. The average molecular weight is 496 g/mol. The summed E-state index contributed by atoms with van der Waals surface area (Å²) < 4.78 is 11.2. The molecule has 0 spiro atoms. The minimum atomic E-state index is -0.306. The fourth-order valence-corrected chi connectivity index (χ4v) is 9.09. The number of hydrogen-bond donors (Lipinski definition) is 1. The van der Waals surface area contributed by atoms with E-state index in [1.165, 1.54) is 25.7 Å². The molecule has 5 aliphatic rings. The van der Waals surface area contributed by atoms with E-state index < -0.39 is 0 Å². The highest BCUT2D eigenvalue weighted by Gasteiger charge is 2.58. The Balaban J connectivity index is 1.11. The standard InChI is InChI=1S/C30H41NO5/c1-29-12-9-22(36-28(34)17-31-14-11-21(32)16-31)15-20(29)4-5-23-25-7-6-24(19-3-8-27(33)35-18-19)30(25,2)13-10-26(23)29/h3,7-8,18,20-24,26,32H,4-6,9-17H2,1-2H3/t20-,21?,22+,23+,24-,26+,29+,30-/m1/s1. The van der Waals surface area contributed by atoms with Gasteiger partial charge in [-0.2, -0.15) is 0 Å². The molecule has 1 saturated heterocycles. The van der Waals surface area contributed by atoms with Crippen LogP contribution in [-0.4, -0.2) is 47.8 Å². The molecule has 36 heavy (non-hydrogen) atoms. The van der Waals surface area contributed by atoms with Gasteiger partial charge in [-0.15, -0.1) is 0 Å². The molecule has 8 atom stereocenters. The lowest BCUT2D eigenvalue weighted by Gasteiger charge is -2.59. The van der Waals surface area contributed by atoms with E-state index in [2.05, 4.69) is 19.9 Å². The first kappa shape index (κ1) is 24.4. The molecule has 0 radical (unpaired) electrons. The van der Waals surface area contributed by atoms with E-state index in [0.29, 0.717) is 42.2 Å². The van der Waals surface area contributed by atoms with Crippen LogP contribution in [0.1, 0.15) is 83.1 Å². The number of aliphatic hydroxyl groups is 1. The summed E-state index contributed by atoms with van der Waals surface area (Å²) in [5, 5.41) is 9.73. The Bertz CT molecular complexity index is 1070. The quantitative estimate of drug-likeness (QED) is 0.483. The minimum absolute atomic E-state index is 0.0383. The zero-order chi connectivity index (χ0) is 25.1. The first-order valence-corrected chi connectivity index (χ1v) is 14.2. The molecule has 4 aliphatic carbocycles. The number of hydrogen-bond acceptors (Lipinski definition) is 6. The van der Waals surface area contributed by atoms with Crippen molar-refractivity contribution >= 4 is 5.97 Å². The summed E-state index contributed by atoms with van der Waals surface area (Å²) in [6.07, 6.45) is 13.7. The van der Waals surface area contributed by atoms with E-state index in [9.17, 15) is 14.7 Å². The molecule has 1 N–H and O–H groups in total. The number of carbonyl (C=O) groups excluding carboxylic acids is 1. The topological polar surface area (TPSA) is 80.0 Å². The van der Waals surface area contributed by atoms with Crippen LogP contribution in [0, 0.1) is 28.6 Å². The third-order valence-electron chi connectivity index (χ3n) is 11.0. The normalized spacial score (nSPS) is 42.2. The summed E-state index contributed by atoms with van der Waals surface area (Å²) in [5.41, 5.74) is 3.01. The number of rotatable bonds is 4. The second kappa shape index (κ2) is 9.13. The lowest BCUT2D eigenvalue weighted by Crippen LogP contribution is -2.52. The molecule has 0 bridgehead atoms. The molecule has 6 rings (SSSR count). The monoisotopic (exact) mass is 495 g/mol. The van der Waals surface area contributed by atoms with E-state index in [4.69, 9.17) is 9.15 Å². The maximum Gasteiger partial charge on any atom is 0.335 e. The van der Waals surface area contributed by atoms with Crippen LogP contribution in [0.5, 0.6) is 0 Å². The number of carbonyl (C=O) groups is 1. The largest absolute Gasteiger partial charge is 0.461 e. The molecular weight excluding hydrogens is 454 g/mol. The summed E-state index contributed by atoms with van der Waals surface area (Å²) in [6.45, 7) is 6.64. The molecule has 1 aromatic rings. The smallest absolute Gasteiger partial charge is 0.335 e. The van der Waals surface area contributed by atoms with Crippen molar-refractivity contribution in [2.45, 2.75) is 89.8 Å². The molecular formula is C30H41NO5. The van der Waals surface area contributed by atoms with Gasteiger partial charge in [-0.3, -0.25) is 9.69 Å². The fraction of sp³-hybridized carbons (Fsp3) is 0.733. The van der Waals surface area contributed by atoms with Gasteiger partial charge in [-0.1, -0.05) is 25.5 Å². The van der Waals surface area contributed by atoms with E-state index in [1.807, 2.05) is 11.0 Å². The van der Waals surface area contributed by atoms with Gasteiger partial charge in [-0.05, 0) is 104 Å². The van der Waals surface area contributed by atoms with E-state index in [0.717, 1.165) is 44.2 Å². The van der Waals surface area contributed by atoms with E-state index >= 15 is 0 Å². The van der Waals surface area contributed by atoms with Gasteiger partial charge >= 0.3 is 11.6 Å². The van der Waals surface area contributed by atoms with Gasteiger partial charge in [0.05, 0.1) is 18.9 Å². The fourth-order valence-electron chi connectivity index (χ4n) is 9.09. The summed E-state index contributed by atoms with van der Waals surface area (Å²) in [7, 11) is 0. The molecule has 4 fully saturated rings. The van der Waals surface area contributed by atoms with E-state index in [-0.39, 0.29) is 29.2 Å². The Morgan fingerprint density at radius 1 is 1.17 bits per heavy atom. The van der Waals surface area contributed by atoms with Gasteiger partial charge in [-0.25, -0.2) is 4.79 Å². The maximum absolute atomic E-state index is 12.6. The Hall–Kier alpha value is -1.92. The van der Waals surface area contributed by atoms with Crippen LogP contribution in [0.15, 0.2) is 39.3 Å². The summed E-state index contributed by atoms with van der Waals surface area (Å²) in [6, 6.07) is 3.53. The second-order valence-corrected chi connectivity index (χ2v) is 12.8. The van der Waals surface area contributed by atoms with Crippen LogP contribution < -0.4 is 5.63 Å². The zero-order valence-electron chi connectivity index (χ0n) is 21.8. The van der Waals surface area contributed by atoms with Gasteiger partial charge < -0.3 is 14.3 Å². The van der Waals surface area contributed by atoms with Crippen molar-refractivity contribution in [1.82, 2.24) is 4.90 Å². The van der Waals surface area contributed by atoms with Gasteiger partial charge in [0, 0.05) is 19.2 Å². The van der Waals surface area contributed by atoms with Crippen molar-refractivity contribution in [2.75, 3.05) is 19.6 Å². The number of likely N-dealkylation sites (tertiary alicyclic amines) is 1. The second-order valence-electron chi connectivity index (χ2n) is 12.8.